The molecule has 1 heterocycles. The molecule has 2 amide bonds. The molecule has 0 bridgehead atoms. The maximum absolute atomic E-state index is 12.8. The van der Waals surface area contributed by atoms with Gasteiger partial charge in [0, 0.05) is 11.6 Å². The van der Waals surface area contributed by atoms with Gasteiger partial charge in [-0.1, -0.05) is 11.8 Å². The molecule has 0 aliphatic rings. The zero-order valence-corrected chi connectivity index (χ0v) is 13.3. The van der Waals surface area contributed by atoms with Crippen LogP contribution in [0.1, 0.15) is 17.3 Å². The van der Waals surface area contributed by atoms with E-state index in [4.69, 9.17) is 5.73 Å². The van der Waals surface area contributed by atoms with Crippen LogP contribution in [-0.4, -0.2) is 27.0 Å². The number of nitrogens with one attached hydrogen (secondary N) is 3. The SMILES string of the molecule is C[C@H](Sc1nc(N)cc(=O)[nH]1)C(=O)NNC(=O)c1ccc(F)cc1. The maximum atomic E-state index is 12.8. The predicted octanol–water partition coefficient (Wildman–Crippen LogP) is 0.433. The molecule has 10 heteroatoms. The first-order valence-corrected chi connectivity index (χ1v) is 7.62. The summed E-state index contributed by atoms with van der Waals surface area (Å²) < 4.78 is 12.8. The van der Waals surface area contributed by atoms with Crippen LogP contribution in [0.3, 0.4) is 0 Å². The van der Waals surface area contributed by atoms with Crippen LogP contribution in [0.5, 0.6) is 0 Å². The van der Waals surface area contributed by atoms with Gasteiger partial charge in [-0.2, -0.15) is 0 Å². The van der Waals surface area contributed by atoms with Gasteiger partial charge < -0.3 is 10.7 Å². The van der Waals surface area contributed by atoms with Gasteiger partial charge in [0.15, 0.2) is 5.16 Å². The van der Waals surface area contributed by atoms with Crippen LogP contribution in [0.15, 0.2) is 40.3 Å². The molecule has 2 rings (SSSR count). The molecule has 1 atom stereocenters. The van der Waals surface area contributed by atoms with Crippen molar-refractivity contribution < 1.29 is 14.0 Å². The Morgan fingerprint density at radius 3 is 2.58 bits per heavy atom. The second kappa shape index (κ2) is 7.59. The van der Waals surface area contributed by atoms with Crippen molar-refractivity contribution in [3.05, 3.63) is 52.1 Å². The van der Waals surface area contributed by atoms with E-state index in [2.05, 4.69) is 20.8 Å². The molecule has 0 aliphatic heterocycles. The molecule has 1 aromatic carbocycles. The second-order valence-electron chi connectivity index (χ2n) is 4.69. The summed E-state index contributed by atoms with van der Waals surface area (Å²) in [5, 5.41) is -0.476. The van der Waals surface area contributed by atoms with Gasteiger partial charge in [-0.3, -0.25) is 25.2 Å². The third kappa shape index (κ3) is 4.81. The van der Waals surface area contributed by atoms with Crippen LogP contribution in [0.2, 0.25) is 0 Å². The number of H-pyrrole nitrogens is 1. The van der Waals surface area contributed by atoms with Gasteiger partial charge in [0.25, 0.3) is 17.4 Å². The number of anilines is 1. The summed E-state index contributed by atoms with van der Waals surface area (Å²) in [7, 11) is 0. The van der Waals surface area contributed by atoms with Gasteiger partial charge in [0.05, 0.1) is 5.25 Å². The van der Waals surface area contributed by atoms with Crippen LogP contribution in [0, 0.1) is 5.82 Å². The van der Waals surface area contributed by atoms with E-state index in [1.54, 1.807) is 6.92 Å². The molecular weight excluding hydrogens is 337 g/mol. The fourth-order valence-corrected chi connectivity index (χ4v) is 2.44. The van der Waals surface area contributed by atoms with E-state index in [1.807, 2.05) is 0 Å². The summed E-state index contributed by atoms with van der Waals surface area (Å²) in [4.78, 5) is 41.4. The predicted molar refractivity (Wildman–Crippen MR) is 86.6 cm³/mol. The van der Waals surface area contributed by atoms with E-state index in [-0.39, 0.29) is 16.5 Å². The molecule has 0 saturated heterocycles. The van der Waals surface area contributed by atoms with E-state index >= 15 is 0 Å². The average molecular weight is 351 g/mol. The molecule has 0 fully saturated rings. The van der Waals surface area contributed by atoms with Gasteiger partial charge >= 0.3 is 0 Å². The average Bonchev–Trinajstić information content (AvgIpc) is 2.51. The van der Waals surface area contributed by atoms with Gasteiger partial charge in [-0.05, 0) is 31.2 Å². The first-order valence-electron chi connectivity index (χ1n) is 6.74. The Kier molecular flexibility index (Phi) is 5.53. The Morgan fingerprint density at radius 1 is 1.29 bits per heavy atom. The van der Waals surface area contributed by atoms with E-state index < -0.39 is 28.4 Å². The number of nitrogens with zero attached hydrogens (tertiary/aromatic N) is 1. The number of hydrazine groups is 1. The number of carbonyl (C=O) groups is 2. The lowest BCUT2D eigenvalue weighted by Crippen LogP contribution is -2.45. The number of thioether (sulfide) groups is 1. The van der Waals surface area contributed by atoms with Crippen LogP contribution in [0.25, 0.3) is 0 Å². The summed E-state index contributed by atoms with van der Waals surface area (Å²) in [6.07, 6.45) is 0. The van der Waals surface area contributed by atoms with E-state index in [9.17, 15) is 18.8 Å². The summed E-state index contributed by atoms with van der Waals surface area (Å²) in [6.45, 7) is 1.56. The highest BCUT2D eigenvalue weighted by atomic mass is 32.2. The molecule has 1 aromatic heterocycles. The zero-order valence-electron chi connectivity index (χ0n) is 12.5. The molecule has 126 valence electrons. The topological polar surface area (TPSA) is 130 Å². The third-order valence-electron chi connectivity index (χ3n) is 2.80. The fourth-order valence-electron chi connectivity index (χ4n) is 1.62. The number of carbonyl (C=O) groups excluding carboxylic acids is 2. The first-order chi connectivity index (χ1) is 11.3. The Bertz CT molecular complexity index is 809. The summed E-state index contributed by atoms with van der Waals surface area (Å²) >= 11 is 0.970. The van der Waals surface area contributed by atoms with Crippen molar-refractivity contribution in [2.75, 3.05) is 5.73 Å². The van der Waals surface area contributed by atoms with E-state index in [0.717, 1.165) is 30.0 Å². The minimum Gasteiger partial charge on any atom is -0.383 e. The first kappa shape index (κ1) is 17.5. The second-order valence-corrected chi connectivity index (χ2v) is 6.02. The zero-order chi connectivity index (χ0) is 17.7. The smallest absolute Gasteiger partial charge is 0.269 e. The maximum Gasteiger partial charge on any atom is 0.269 e. The van der Waals surface area contributed by atoms with Gasteiger partial charge in [0.1, 0.15) is 11.6 Å². The van der Waals surface area contributed by atoms with Crippen molar-refractivity contribution in [3.63, 3.8) is 0 Å². The number of nitrogens with two attached hydrogens (primary N) is 1. The van der Waals surface area contributed by atoms with Crippen LogP contribution >= 0.6 is 11.8 Å². The minimum absolute atomic E-state index is 0.0403. The number of benzene rings is 1. The number of amides is 2. The normalized spacial score (nSPS) is 11.6. The number of hydrogen-bond acceptors (Lipinski definition) is 6. The highest BCUT2D eigenvalue weighted by molar-refractivity contribution is 8.00. The van der Waals surface area contributed by atoms with Gasteiger partial charge in [-0.25, -0.2) is 9.37 Å². The van der Waals surface area contributed by atoms with E-state index in [1.165, 1.54) is 12.1 Å². The lowest BCUT2D eigenvalue weighted by molar-refractivity contribution is -0.121. The number of halogens is 1. The van der Waals surface area contributed by atoms with Crippen LogP contribution in [-0.2, 0) is 4.79 Å². The Morgan fingerprint density at radius 2 is 1.96 bits per heavy atom. The van der Waals surface area contributed by atoms with Crippen LogP contribution < -0.4 is 22.1 Å². The molecule has 0 aliphatic carbocycles. The molecule has 5 N–H and O–H groups in total. The number of rotatable bonds is 4. The molecule has 0 spiro atoms. The van der Waals surface area contributed by atoms with Crippen LogP contribution in [0.4, 0.5) is 10.2 Å². The Hall–Kier alpha value is -2.88. The number of aromatic nitrogens is 2. The molecule has 8 nitrogen and oxygen atoms in total. The highest BCUT2D eigenvalue weighted by Gasteiger charge is 2.17. The van der Waals surface area contributed by atoms with Gasteiger partial charge in [-0.15, -0.1) is 0 Å². The van der Waals surface area contributed by atoms with Crippen molar-refractivity contribution in [3.8, 4) is 0 Å². The van der Waals surface area contributed by atoms with Crippen molar-refractivity contribution in [2.45, 2.75) is 17.3 Å². The Labute approximate surface area is 140 Å². The molecular formula is C14H14FN5O3S. The minimum atomic E-state index is -0.663. The van der Waals surface area contributed by atoms with Gasteiger partial charge in [0.2, 0.25) is 0 Å². The number of nitrogen functional groups attached to an aromatic ring is 1. The molecule has 24 heavy (non-hydrogen) atoms. The molecule has 0 saturated carbocycles. The van der Waals surface area contributed by atoms with Crippen molar-refractivity contribution in [1.29, 1.82) is 0 Å². The molecule has 0 radical (unpaired) electrons. The number of aromatic amines is 1. The fraction of sp³-hybridized carbons (Fsp3) is 0.143. The standard InChI is InChI=1S/C14H14FN5O3S/c1-7(24-14-17-10(16)6-11(21)18-14)12(22)19-20-13(23)8-2-4-9(15)5-3-8/h2-7H,1H3,(H,19,22)(H,20,23)(H3,16,17,18,21)/t7-/m0/s1. The largest absolute Gasteiger partial charge is 0.383 e. The quantitative estimate of drug-likeness (QED) is 0.359. The third-order valence-corrected chi connectivity index (χ3v) is 3.79. The number of hydrogen-bond donors (Lipinski definition) is 4. The Balaban J connectivity index is 1.90. The van der Waals surface area contributed by atoms with Crippen molar-refractivity contribution >= 4 is 29.4 Å². The monoisotopic (exact) mass is 351 g/mol. The van der Waals surface area contributed by atoms with Crippen molar-refractivity contribution in [1.82, 2.24) is 20.8 Å². The van der Waals surface area contributed by atoms with Crippen molar-refractivity contribution in [2.24, 2.45) is 0 Å². The summed E-state index contributed by atoms with van der Waals surface area (Å²) in [6, 6.07) is 5.97. The molecule has 0 unspecified atom stereocenters. The lowest BCUT2D eigenvalue weighted by atomic mass is 10.2. The highest BCUT2D eigenvalue weighted by Crippen LogP contribution is 2.18. The van der Waals surface area contributed by atoms with E-state index in [0.29, 0.717) is 0 Å². The molecule has 2 aromatic rings. The summed E-state index contributed by atoms with van der Waals surface area (Å²) in [5.41, 5.74) is 9.68. The lowest BCUT2D eigenvalue weighted by Gasteiger charge is -2.12. The summed E-state index contributed by atoms with van der Waals surface area (Å²) in [5.74, 6) is -1.53.